The van der Waals surface area contributed by atoms with Crippen molar-refractivity contribution in [3.63, 3.8) is 0 Å². The predicted molar refractivity (Wildman–Crippen MR) is 156 cm³/mol. The molecule has 3 aliphatic rings. The number of piperidine rings is 1. The van der Waals surface area contributed by atoms with Crippen LogP contribution in [0.4, 0.5) is 17.6 Å². The van der Waals surface area contributed by atoms with E-state index in [9.17, 15) is 0 Å². The van der Waals surface area contributed by atoms with Gasteiger partial charge in [0.25, 0.3) is 0 Å². The summed E-state index contributed by atoms with van der Waals surface area (Å²) < 4.78 is 5.69. The van der Waals surface area contributed by atoms with Gasteiger partial charge in [-0.1, -0.05) is 37.6 Å². The van der Waals surface area contributed by atoms with Crippen LogP contribution in [0.2, 0.25) is 5.02 Å². The number of nitrogens with zero attached hydrogens (tertiary/aromatic N) is 4. The molecule has 3 aliphatic heterocycles. The first-order valence-corrected chi connectivity index (χ1v) is 14.5. The summed E-state index contributed by atoms with van der Waals surface area (Å²) >= 11 is 12.1. The first-order chi connectivity index (χ1) is 17.9. The van der Waals surface area contributed by atoms with Crippen LogP contribution in [-0.4, -0.2) is 61.0 Å². The number of hydrogen-bond donors (Lipinski definition) is 2. The molecule has 200 valence electrons. The van der Waals surface area contributed by atoms with Crippen LogP contribution in [0.15, 0.2) is 30.3 Å². The van der Waals surface area contributed by atoms with Crippen LogP contribution in [0.1, 0.15) is 51.5 Å². The van der Waals surface area contributed by atoms with Crippen LogP contribution in [0, 0.1) is 11.8 Å². The molecule has 2 aromatic rings. The van der Waals surface area contributed by atoms with Gasteiger partial charge in [-0.25, -0.2) is 0 Å². The molecule has 0 saturated carbocycles. The smallest absolute Gasteiger partial charge is 0.232 e. The highest BCUT2D eigenvalue weighted by molar-refractivity contribution is 7.80. The Morgan fingerprint density at radius 2 is 1.73 bits per heavy atom. The highest BCUT2D eigenvalue weighted by Gasteiger charge is 2.35. The Kier molecular flexibility index (Phi) is 8.37. The van der Waals surface area contributed by atoms with E-state index in [1.54, 1.807) is 0 Å². The summed E-state index contributed by atoms with van der Waals surface area (Å²) in [7, 11) is 0. The summed E-state index contributed by atoms with van der Waals surface area (Å²) in [5.41, 5.74) is 1.14. The van der Waals surface area contributed by atoms with Crippen molar-refractivity contribution in [2.24, 2.45) is 11.8 Å². The minimum atomic E-state index is -0.0849. The van der Waals surface area contributed by atoms with Crippen LogP contribution < -0.4 is 20.4 Å². The van der Waals surface area contributed by atoms with Crippen molar-refractivity contribution in [2.45, 2.75) is 51.4 Å². The van der Waals surface area contributed by atoms with E-state index in [1.807, 2.05) is 12.1 Å². The molecule has 1 aromatic carbocycles. The summed E-state index contributed by atoms with van der Waals surface area (Å²) in [5.74, 6) is 3.83. The van der Waals surface area contributed by atoms with E-state index in [2.05, 4.69) is 52.5 Å². The average molecular weight is 543 g/mol. The van der Waals surface area contributed by atoms with E-state index in [1.165, 1.54) is 24.8 Å². The van der Waals surface area contributed by atoms with Gasteiger partial charge in [-0.15, -0.1) is 0 Å². The van der Waals surface area contributed by atoms with E-state index >= 15 is 0 Å². The summed E-state index contributed by atoms with van der Waals surface area (Å²) in [6.07, 6.45) is 5.50. The normalized spacial score (nSPS) is 23.6. The molecular weight excluding hydrogens is 504 g/mol. The first kappa shape index (κ1) is 26.4. The molecule has 37 heavy (non-hydrogen) atoms. The fourth-order valence-electron chi connectivity index (χ4n) is 6.14. The molecule has 0 radical (unpaired) electrons. The van der Waals surface area contributed by atoms with Crippen molar-refractivity contribution in [1.82, 2.24) is 15.3 Å². The average Bonchev–Trinajstić information content (AvgIpc) is 3.43. The monoisotopic (exact) mass is 542 g/mol. The topological polar surface area (TPSA) is 65.5 Å². The maximum atomic E-state index is 6.35. The lowest BCUT2D eigenvalue weighted by Crippen LogP contribution is -2.45. The van der Waals surface area contributed by atoms with Gasteiger partial charge in [0, 0.05) is 62.4 Å². The summed E-state index contributed by atoms with van der Waals surface area (Å²) in [6.45, 7) is 10.9. The Hall–Kier alpha value is -2.16. The van der Waals surface area contributed by atoms with Crippen molar-refractivity contribution in [2.75, 3.05) is 61.1 Å². The summed E-state index contributed by atoms with van der Waals surface area (Å²) in [5, 5.41) is 8.09. The van der Waals surface area contributed by atoms with E-state index in [4.69, 9.17) is 38.5 Å². The number of rotatable bonds is 6. The van der Waals surface area contributed by atoms with E-state index < -0.39 is 0 Å². The Balaban J connectivity index is 1.33. The van der Waals surface area contributed by atoms with Crippen LogP contribution >= 0.6 is 23.8 Å². The van der Waals surface area contributed by atoms with Gasteiger partial charge >= 0.3 is 0 Å². The van der Waals surface area contributed by atoms with Gasteiger partial charge in [0.15, 0.2) is 5.11 Å². The van der Waals surface area contributed by atoms with Gasteiger partial charge in [-0.05, 0) is 73.9 Å². The maximum Gasteiger partial charge on any atom is 0.232 e. The molecule has 0 amide bonds. The zero-order valence-corrected chi connectivity index (χ0v) is 23.6. The van der Waals surface area contributed by atoms with Crippen molar-refractivity contribution in [1.29, 1.82) is 0 Å². The molecule has 1 aromatic heterocycles. The molecule has 3 fully saturated rings. The molecular formula is C28H39ClN6OS. The summed E-state index contributed by atoms with van der Waals surface area (Å²) in [4.78, 5) is 14.6. The predicted octanol–water partition coefficient (Wildman–Crippen LogP) is 5.25. The van der Waals surface area contributed by atoms with Gasteiger partial charge in [0.05, 0.1) is 0 Å². The number of benzene rings is 1. The SMILES string of the molecule is C[C@@H]1C[C@H](C)CN(c2cc(N3CCCC3)nc(NC(=S)NCC3(c4cccc(Cl)c4)CCOCC3)n2)C1. The largest absolute Gasteiger partial charge is 0.381 e. The van der Waals surface area contributed by atoms with E-state index in [0.717, 1.165) is 68.9 Å². The Morgan fingerprint density at radius 3 is 2.41 bits per heavy atom. The number of hydrogen-bond acceptors (Lipinski definition) is 6. The zero-order chi connectivity index (χ0) is 25.8. The quantitative estimate of drug-likeness (QED) is 0.480. The number of thiocarbonyl (C=S) groups is 1. The van der Waals surface area contributed by atoms with Crippen LogP contribution in [0.25, 0.3) is 0 Å². The van der Waals surface area contributed by atoms with E-state index in [0.29, 0.717) is 29.4 Å². The fraction of sp³-hybridized carbons (Fsp3) is 0.607. The maximum absolute atomic E-state index is 6.35. The molecule has 7 nitrogen and oxygen atoms in total. The zero-order valence-electron chi connectivity index (χ0n) is 22.0. The van der Waals surface area contributed by atoms with Crippen LogP contribution in [0.3, 0.4) is 0 Å². The second kappa shape index (κ2) is 11.7. The first-order valence-electron chi connectivity index (χ1n) is 13.7. The number of halogens is 1. The highest BCUT2D eigenvalue weighted by Crippen LogP contribution is 2.35. The lowest BCUT2D eigenvalue weighted by Gasteiger charge is -2.38. The van der Waals surface area contributed by atoms with E-state index in [-0.39, 0.29) is 5.41 Å². The molecule has 3 saturated heterocycles. The number of nitrogens with one attached hydrogen (secondary N) is 2. The number of anilines is 3. The minimum Gasteiger partial charge on any atom is -0.381 e. The molecule has 5 rings (SSSR count). The third kappa shape index (κ3) is 6.47. The van der Waals surface area contributed by atoms with Crippen molar-refractivity contribution < 1.29 is 4.74 Å². The molecule has 0 spiro atoms. The van der Waals surface area contributed by atoms with Crippen LogP contribution in [0.5, 0.6) is 0 Å². The van der Waals surface area contributed by atoms with Crippen molar-refractivity contribution in [3.05, 3.63) is 40.9 Å². The third-order valence-corrected chi connectivity index (χ3v) is 8.50. The second-order valence-electron chi connectivity index (χ2n) is 11.2. The Morgan fingerprint density at radius 1 is 1.05 bits per heavy atom. The highest BCUT2D eigenvalue weighted by atomic mass is 35.5. The lowest BCUT2D eigenvalue weighted by atomic mass is 9.74. The number of aromatic nitrogens is 2. The van der Waals surface area contributed by atoms with Gasteiger partial charge in [0.1, 0.15) is 11.6 Å². The van der Waals surface area contributed by atoms with Gasteiger partial charge < -0.3 is 25.2 Å². The van der Waals surface area contributed by atoms with Gasteiger partial charge in [-0.2, -0.15) is 9.97 Å². The lowest BCUT2D eigenvalue weighted by molar-refractivity contribution is 0.0515. The van der Waals surface area contributed by atoms with Crippen molar-refractivity contribution in [3.8, 4) is 0 Å². The molecule has 2 N–H and O–H groups in total. The Bertz CT molecular complexity index is 1080. The van der Waals surface area contributed by atoms with Crippen LogP contribution in [-0.2, 0) is 10.2 Å². The third-order valence-electron chi connectivity index (χ3n) is 8.02. The molecule has 2 atom stereocenters. The molecule has 0 aliphatic carbocycles. The summed E-state index contributed by atoms with van der Waals surface area (Å²) in [6, 6.07) is 10.3. The standard InChI is InChI=1S/C28H39ClN6OS/c1-20-14-21(2)18-35(17-20)25-16-24(34-10-3-4-11-34)31-26(32-25)33-27(37)30-19-28(8-12-36-13-9-28)22-6-5-7-23(29)15-22/h5-7,15-16,20-21H,3-4,8-14,17-19H2,1-2H3,(H2,30,31,32,33,37)/t20-,21+. The van der Waals surface area contributed by atoms with Gasteiger partial charge in [0.2, 0.25) is 5.95 Å². The number of ether oxygens (including phenoxy) is 1. The molecule has 9 heteroatoms. The molecule has 4 heterocycles. The fourth-order valence-corrected chi connectivity index (χ4v) is 6.50. The molecule has 0 bridgehead atoms. The minimum absolute atomic E-state index is 0.0849. The second-order valence-corrected chi connectivity index (χ2v) is 12.0. The van der Waals surface area contributed by atoms with Gasteiger partial charge in [-0.3, -0.25) is 0 Å². The molecule has 0 unspecified atom stereocenters. The van der Waals surface area contributed by atoms with Crippen molar-refractivity contribution >= 4 is 46.5 Å². The Labute approximate surface area is 231 Å².